The van der Waals surface area contributed by atoms with Gasteiger partial charge in [-0.3, -0.25) is 14.4 Å². The molecule has 0 N–H and O–H groups in total. The van der Waals surface area contributed by atoms with Crippen LogP contribution in [0, 0.1) is 0 Å². The van der Waals surface area contributed by atoms with Gasteiger partial charge in [0.15, 0.2) is 11.6 Å². The van der Waals surface area contributed by atoms with E-state index < -0.39 is 0 Å². The number of ketones is 2. The van der Waals surface area contributed by atoms with Gasteiger partial charge in [-0.05, 0) is 0 Å². The predicted molar refractivity (Wildman–Crippen MR) is 34.5 cm³/mol. The third-order valence-corrected chi connectivity index (χ3v) is 1.42. The minimum atomic E-state index is -0.253. The molecule has 0 aromatic carbocycles. The van der Waals surface area contributed by atoms with Crippen molar-refractivity contribution < 1.29 is 19.1 Å². The topological polar surface area (TPSA) is 60.4 Å². The minimum absolute atomic E-state index is 0.00269. The average Bonchev–Trinajstić information content (AvgIpc) is 2.29. The zero-order chi connectivity index (χ0) is 8.27. The van der Waals surface area contributed by atoms with Gasteiger partial charge in [0.2, 0.25) is 0 Å². The number of Topliss-reactive ketones (excluding diaryl/α,β-unsaturated/α-hetero) is 2. The Morgan fingerprint density at radius 2 is 1.73 bits per heavy atom. The van der Waals surface area contributed by atoms with Crippen LogP contribution >= 0.6 is 0 Å². The van der Waals surface area contributed by atoms with Crippen LogP contribution in [0.25, 0.3) is 0 Å². The largest absolute Gasteiger partial charge is 0.436 e. The van der Waals surface area contributed by atoms with Crippen LogP contribution in [0.2, 0.25) is 0 Å². The highest BCUT2D eigenvalue weighted by atomic mass is 16.5. The van der Waals surface area contributed by atoms with Gasteiger partial charge in [-0.1, -0.05) is 0 Å². The molecule has 1 aliphatic rings. The molecule has 1 rings (SSSR count). The van der Waals surface area contributed by atoms with Crippen LogP contribution in [0.5, 0.6) is 0 Å². The highest BCUT2D eigenvalue weighted by Crippen LogP contribution is 2.15. The third-order valence-electron chi connectivity index (χ3n) is 1.42. The molecule has 58 valence electrons. The van der Waals surface area contributed by atoms with Crippen molar-refractivity contribution in [3.63, 3.8) is 0 Å². The van der Waals surface area contributed by atoms with Gasteiger partial charge >= 0.3 is 0 Å². The molecule has 0 atom stereocenters. The monoisotopic (exact) mass is 154 g/mol. The average molecular weight is 154 g/mol. The first-order valence-corrected chi connectivity index (χ1v) is 3.11. The van der Waals surface area contributed by atoms with Gasteiger partial charge in [0.05, 0.1) is 5.57 Å². The number of ether oxygens (including phenoxy) is 1. The van der Waals surface area contributed by atoms with Gasteiger partial charge in [0, 0.05) is 12.8 Å². The SMILES string of the molecule is O=COC=C1C(=O)CCC1=O. The van der Waals surface area contributed by atoms with Gasteiger partial charge < -0.3 is 4.74 Å². The van der Waals surface area contributed by atoms with Crippen molar-refractivity contribution >= 4 is 18.0 Å². The predicted octanol–water partition coefficient (Wildman–Crippen LogP) is -0.0247. The van der Waals surface area contributed by atoms with E-state index in [1.165, 1.54) is 0 Å². The fraction of sp³-hybridized carbons (Fsp3) is 0.286. The van der Waals surface area contributed by atoms with Crippen LogP contribution in [-0.4, -0.2) is 18.0 Å². The second kappa shape index (κ2) is 3.09. The Morgan fingerprint density at radius 1 is 1.18 bits per heavy atom. The molecule has 0 amide bonds. The zero-order valence-corrected chi connectivity index (χ0v) is 5.70. The van der Waals surface area contributed by atoms with E-state index in [0.29, 0.717) is 0 Å². The molecule has 1 fully saturated rings. The smallest absolute Gasteiger partial charge is 0.297 e. The standard InChI is InChI=1S/C7H6O4/c8-4-11-3-5-6(9)1-2-7(5)10/h3-4H,1-2H2. The first-order valence-electron chi connectivity index (χ1n) is 3.11. The maximum Gasteiger partial charge on any atom is 0.297 e. The Labute approximate surface area is 62.8 Å². The molecule has 1 aliphatic carbocycles. The summed E-state index contributed by atoms with van der Waals surface area (Å²) in [7, 11) is 0. The lowest BCUT2D eigenvalue weighted by Crippen LogP contribution is -1.99. The van der Waals surface area contributed by atoms with Crippen LogP contribution in [0.3, 0.4) is 0 Å². The molecule has 0 unspecified atom stereocenters. The van der Waals surface area contributed by atoms with E-state index >= 15 is 0 Å². The maximum atomic E-state index is 10.8. The molecule has 0 bridgehead atoms. The number of allylic oxidation sites excluding steroid dienone is 1. The van der Waals surface area contributed by atoms with Crippen molar-refractivity contribution in [2.24, 2.45) is 0 Å². The normalized spacial score (nSPS) is 16.9. The number of carbonyl (C=O) groups excluding carboxylic acids is 3. The van der Waals surface area contributed by atoms with Crippen molar-refractivity contribution in [3.8, 4) is 0 Å². The highest BCUT2D eigenvalue weighted by Gasteiger charge is 2.26. The first kappa shape index (κ1) is 7.65. The molecule has 4 heteroatoms. The third kappa shape index (κ3) is 1.52. The minimum Gasteiger partial charge on any atom is -0.436 e. The maximum absolute atomic E-state index is 10.8. The Kier molecular flexibility index (Phi) is 2.15. The molecular formula is C7H6O4. The molecule has 11 heavy (non-hydrogen) atoms. The summed E-state index contributed by atoms with van der Waals surface area (Å²) in [6, 6.07) is 0. The van der Waals surface area contributed by atoms with E-state index in [4.69, 9.17) is 0 Å². The van der Waals surface area contributed by atoms with Crippen molar-refractivity contribution in [1.29, 1.82) is 0 Å². The van der Waals surface area contributed by atoms with Gasteiger partial charge in [0.1, 0.15) is 6.26 Å². The quantitative estimate of drug-likeness (QED) is 0.242. The van der Waals surface area contributed by atoms with Gasteiger partial charge in [-0.15, -0.1) is 0 Å². The molecule has 0 heterocycles. The lowest BCUT2D eigenvalue weighted by Gasteiger charge is -1.89. The van der Waals surface area contributed by atoms with E-state index in [1.807, 2.05) is 0 Å². The van der Waals surface area contributed by atoms with Crippen LogP contribution < -0.4 is 0 Å². The molecule has 1 saturated carbocycles. The lowest BCUT2D eigenvalue weighted by atomic mass is 10.2. The summed E-state index contributed by atoms with van der Waals surface area (Å²) in [6.07, 6.45) is 1.37. The summed E-state index contributed by atoms with van der Waals surface area (Å²) >= 11 is 0. The number of rotatable bonds is 2. The van der Waals surface area contributed by atoms with E-state index in [0.717, 1.165) is 6.26 Å². The van der Waals surface area contributed by atoms with Gasteiger partial charge in [-0.25, -0.2) is 0 Å². The summed E-state index contributed by atoms with van der Waals surface area (Å²) in [5.41, 5.74) is -0.00269. The van der Waals surface area contributed by atoms with Crippen LogP contribution in [0.15, 0.2) is 11.8 Å². The lowest BCUT2D eigenvalue weighted by molar-refractivity contribution is -0.123. The van der Waals surface area contributed by atoms with E-state index in [2.05, 4.69) is 4.74 Å². The molecule has 4 nitrogen and oxygen atoms in total. The van der Waals surface area contributed by atoms with Crippen molar-refractivity contribution in [2.45, 2.75) is 12.8 Å². The highest BCUT2D eigenvalue weighted by molar-refractivity contribution is 6.25. The number of hydrogen-bond donors (Lipinski definition) is 0. The van der Waals surface area contributed by atoms with E-state index in [9.17, 15) is 14.4 Å². The molecule has 0 aromatic rings. The summed E-state index contributed by atoms with van der Waals surface area (Å²) in [6.45, 7) is 0.173. The molecular weight excluding hydrogens is 148 g/mol. The van der Waals surface area contributed by atoms with Crippen molar-refractivity contribution in [1.82, 2.24) is 0 Å². The number of hydrogen-bond acceptors (Lipinski definition) is 4. The molecule has 0 saturated heterocycles. The molecule has 0 aliphatic heterocycles. The fourth-order valence-electron chi connectivity index (χ4n) is 0.879. The summed E-state index contributed by atoms with van der Waals surface area (Å²) in [5, 5.41) is 0. The molecule has 0 aromatic heterocycles. The zero-order valence-electron chi connectivity index (χ0n) is 5.70. The van der Waals surface area contributed by atoms with Crippen molar-refractivity contribution in [2.75, 3.05) is 0 Å². The van der Waals surface area contributed by atoms with Crippen LogP contribution in [0.1, 0.15) is 12.8 Å². The van der Waals surface area contributed by atoms with E-state index in [-0.39, 0.29) is 36.5 Å². The summed E-state index contributed by atoms with van der Waals surface area (Å²) in [4.78, 5) is 31.3. The number of carbonyl (C=O) groups is 3. The first-order chi connectivity index (χ1) is 5.25. The molecule has 0 radical (unpaired) electrons. The fourth-order valence-corrected chi connectivity index (χ4v) is 0.879. The summed E-state index contributed by atoms with van der Waals surface area (Å²) in [5.74, 6) is -0.506. The molecule has 0 spiro atoms. The van der Waals surface area contributed by atoms with Crippen molar-refractivity contribution in [3.05, 3.63) is 11.8 Å². The Hall–Kier alpha value is -1.45. The Balaban J connectivity index is 2.75. The Morgan fingerprint density at radius 3 is 2.18 bits per heavy atom. The van der Waals surface area contributed by atoms with Crippen LogP contribution in [0.4, 0.5) is 0 Å². The second-order valence-electron chi connectivity index (χ2n) is 2.11. The summed E-state index contributed by atoms with van der Waals surface area (Å²) < 4.78 is 4.17. The van der Waals surface area contributed by atoms with E-state index in [1.54, 1.807) is 0 Å². The van der Waals surface area contributed by atoms with Gasteiger partial charge in [-0.2, -0.15) is 0 Å². The second-order valence-corrected chi connectivity index (χ2v) is 2.11. The van der Waals surface area contributed by atoms with Crippen LogP contribution in [-0.2, 0) is 19.1 Å². The Bertz CT molecular complexity index is 221. The van der Waals surface area contributed by atoms with Gasteiger partial charge in [0.25, 0.3) is 6.47 Å².